The Balaban J connectivity index is -0.0000000300. The monoisotopic (exact) mass is 236 g/mol. The van der Waals surface area contributed by atoms with Gasteiger partial charge in [0.25, 0.3) is 0 Å². The molecule has 0 bridgehead atoms. The van der Waals surface area contributed by atoms with E-state index in [1.54, 1.807) is 0 Å². The Labute approximate surface area is 75.4 Å². The Morgan fingerprint density at radius 2 is 0.800 bits per heavy atom. The molecule has 0 aliphatic heterocycles. The van der Waals surface area contributed by atoms with Gasteiger partial charge in [0.2, 0.25) is 0 Å². The second-order valence-electron chi connectivity index (χ2n) is 0.447. The minimum Gasteiger partial charge on any atom is -0.356 e. The zero-order chi connectivity index (χ0) is 7.15. The summed E-state index contributed by atoms with van der Waals surface area (Å²) in [4.78, 5) is 16.5. The van der Waals surface area contributed by atoms with Crippen molar-refractivity contribution in [2.45, 2.75) is 0 Å². The van der Waals surface area contributed by atoms with Gasteiger partial charge in [-0.1, -0.05) is 0 Å². The van der Waals surface area contributed by atoms with E-state index in [1.807, 2.05) is 0 Å². The summed E-state index contributed by atoms with van der Waals surface area (Å²) >= 11 is 0. The maximum absolute atomic E-state index is 8.25. The van der Waals surface area contributed by atoms with Crippen LogP contribution in [0.4, 0.5) is 0 Å². The van der Waals surface area contributed by atoms with E-state index in [1.165, 1.54) is 0 Å². The fourth-order valence-corrected chi connectivity index (χ4v) is 0. The molecule has 8 nitrogen and oxygen atoms in total. The van der Waals surface area contributed by atoms with E-state index in [4.69, 9.17) is 30.6 Å². The van der Waals surface area contributed by atoms with Crippen LogP contribution in [0.5, 0.6) is 0 Å². The molecular weight excluding hydrogens is 236 g/mol. The molecule has 0 atom stereocenters. The Bertz CT molecular complexity index is 71.7. The standard InChI is InChI=1S/2Fe.2NO3/c;;2*2-1(3)4/q;+2;2*-1. The van der Waals surface area contributed by atoms with Crippen LogP contribution < -0.4 is 0 Å². The van der Waals surface area contributed by atoms with Crippen LogP contribution in [0.15, 0.2) is 0 Å². The predicted molar refractivity (Wildman–Crippen MR) is 20.7 cm³/mol. The fourth-order valence-electron chi connectivity index (χ4n) is 0. The Kier molecular flexibility index (Phi) is 35.9. The summed E-state index contributed by atoms with van der Waals surface area (Å²) in [6.07, 6.45) is 0. The first-order chi connectivity index (χ1) is 3.46. The van der Waals surface area contributed by atoms with E-state index < -0.39 is 10.2 Å². The minimum atomic E-state index is -1.75. The SMILES string of the molecule is O=[N+]([O-])[O-].O=[N+]([O-])[O-].[Fe+2].[Fe]. The summed E-state index contributed by atoms with van der Waals surface area (Å²) in [7, 11) is 0. The minimum absolute atomic E-state index is 0. The zero-order valence-electron chi connectivity index (χ0n) is 4.05. The van der Waals surface area contributed by atoms with Crippen molar-refractivity contribution in [2.75, 3.05) is 0 Å². The first-order valence-corrected chi connectivity index (χ1v) is 1.10. The van der Waals surface area contributed by atoms with Crippen molar-refractivity contribution >= 4 is 0 Å². The van der Waals surface area contributed by atoms with Crippen molar-refractivity contribution in [3.63, 3.8) is 0 Å². The van der Waals surface area contributed by atoms with Crippen LogP contribution in [0.25, 0.3) is 0 Å². The maximum Gasteiger partial charge on any atom is 2.00 e. The molecule has 0 rings (SSSR count). The quantitative estimate of drug-likeness (QED) is 0.316. The molecule has 10 heavy (non-hydrogen) atoms. The van der Waals surface area contributed by atoms with E-state index in [2.05, 4.69) is 0 Å². The number of rotatable bonds is 0. The predicted octanol–water partition coefficient (Wildman–Crippen LogP) is -0.483. The van der Waals surface area contributed by atoms with Gasteiger partial charge in [-0.2, -0.15) is 0 Å². The molecule has 62 valence electrons. The number of hydrogen-bond donors (Lipinski definition) is 0. The smallest absolute Gasteiger partial charge is 0.356 e. The molecule has 0 aromatic rings. The van der Waals surface area contributed by atoms with E-state index in [9.17, 15) is 0 Å². The van der Waals surface area contributed by atoms with Gasteiger partial charge in [0, 0.05) is 17.1 Å². The largest absolute Gasteiger partial charge is 2.00 e. The van der Waals surface area contributed by atoms with Gasteiger partial charge in [-0.15, -0.1) is 0 Å². The van der Waals surface area contributed by atoms with Gasteiger partial charge >= 0.3 is 17.1 Å². The van der Waals surface area contributed by atoms with Crippen LogP contribution in [0.2, 0.25) is 0 Å². The molecule has 0 N–H and O–H groups in total. The first kappa shape index (κ1) is 22.7. The van der Waals surface area contributed by atoms with Crippen LogP contribution in [0.1, 0.15) is 0 Å². The molecule has 0 heterocycles. The topological polar surface area (TPSA) is 132 Å². The number of hydrogen-bond acceptors (Lipinski definition) is 6. The Hall–Kier alpha value is -0.561. The molecule has 0 unspecified atom stereocenters. The normalized spacial score (nSPS) is 4.80. The van der Waals surface area contributed by atoms with E-state index in [-0.39, 0.29) is 34.1 Å². The van der Waals surface area contributed by atoms with Crippen LogP contribution in [-0.4, -0.2) is 10.2 Å². The van der Waals surface area contributed by atoms with Gasteiger partial charge in [-0.3, -0.25) is 0 Å². The Morgan fingerprint density at radius 3 is 0.800 bits per heavy atom. The summed E-state index contributed by atoms with van der Waals surface area (Å²) in [5.74, 6) is 0. The van der Waals surface area contributed by atoms with Crippen LogP contribution in [0.3, 0.4) is 0 Å². The Morgan fingerprint density at radius 1 is 0.800 bits per heavy atom. The molecular formula is Fe2N2O6. The summed E-state index contributed by atoms with van der Waals surface area (Å²) in [6, 6.07) is 0. The second kappa shape index (κ2) is 15.8. The zero-order valence-corrected chi connectivity index (χ0v) is 6.26. The van der Waals surface area contributed by atoms with Gasteiger partial charge in [-0.25, -0.2) is 0 Å². The summed E-state index contributed by atoms with van der Waals surface area (Å²) < 4.78 is 0. The molecule has 0 aliphatic carbocycles. The van der Waals surface area contributed by atoms with Gasteiger partial charge in [0.15, 0.2) is 0 Å². The molecule has 0 saturated carbocycles. The molecule has 0 spiro atoms. The molecule has 10 heteroatoms. The second-order valence-corrected chi connectivity index (χ2v) is 0.447. The average Bonchev–Trinajstić information content (AvgIpc) is 1.25. The van der Waals surface area contributed by atoms with Crippen molar-refractivity contribution in [1.82, 2.24) is 0 Å². The molecule has 0 aromatic carbocycles. The first-order valence-electron chi connectivity index (χ1n) is 1.10. The number of nitrogens with zero attached hydrogens (tertiary/aromatic N) is 2. The third-order valence-corrected chi connectivity index (χ3v) is 0. The van der Waals surface area contributed by atoms with Crippen molar-refractivity contribution in [3.8, 4) is 0 Å². The van der Waals surface area contributed by atoms with Crippen LogP contribution in [-0.2, 0) is 34.1 Å². The van der Waals surface area contributed by atoms with Gasteiger partial charge < -0.3 is 30.6 Å². The van der Waals surface area contributed by atoms with Crippen LogP contribution >= 0.6 is 0 Å². The van der Waals surface area contributed by atoms with E-state index >= 15 is 0 Å². The fraction of sp³-hybridized carbons (Fsp3) is 0. The van der Waals surface area contributed by atoms with Gasteiger partial charge in [0.05, 0.1) is 10.2 Å². The van der Waals surface area contributed by atoms with Crippen molar-refractivity contribution in [1.29, 1.82) is 0 Å². The summed E-state index contributed by atoms with van der Waals surface area (Å²) in [6.45, 7) is 0. The molecule has 0 aliphatic rings. The maximum atomic E-state index is 8.25. The molecule has 0 radical (unpaired) electrons. The third-order valence-electron chi connectivity index (χ3n) is 0. The van der Waals surface area contributed by atoms with E-state index in [0.717, 1.165) is 0 Å². The van der Waals surface area contributed by atoms with Crippen molar-refractivity contribution in [3.05, 3.63) is 30.6 Å². The van der Waals surface area contributed by atoms with Gasteiger partial charge in [0.1, 0.15) is 0 Å². The molecule has 0 aromatic heterocycles. The molecule has 0 amide bonds. The van der Waals surface area contributed by atoms with E-state index in [0.29, 0.717) is 0 Å². The molecule has 0 fully saturated rings. The van der Waals surface area contributed by atoms with Crippen molar-refractivity contribution < 1.29 is 44.3 Å². The van der Waals surface area contributed by atoms with Crippen LogP contribution in [0, 0.1) is 30.6 Å². The summed E-state index contributed by atoms with van der Waals surface area (Å²) in [5.41, 5.74) is 0. The average molecular weight is 236 g/mol. The summed E-state index contributed by atoms with van der Waals surface area (Å²) in [5, 5.41) is 29.5. The van der Waals surface area contributed by atoms with Gasteiger partial charge in [-0.05, 0) is 0 Å². The molecule has 0 saturated heterocycles. The van der Waals surface area contributed by atoms with Crippen molar-refractivity contribution in [2.24, 2.45) is 0 Å². The third kappa shape index (κ3) is 980.